The van der Waals surface area contributed by atoms with Crippen LogP contribution in [0, 0.1) is 0 Å². The molecule has 1 saturated heterocycles. The molecule has 2 amide bonds. The molecule has 2 N–H and O–H groups in total. The summed E-state index contributed by atoms with van der Waals surface area (Å²) in [6, 6.07) is 17.8. The van der Waals surface area contributed by atoms with E-state index in [1.165, 1.54) is 29.7 Å². The van der Waals surface area contributed by atoms with E-state index in [1.54, 1.807) is 42.0 Å². The normalized spacial score (nSPS) is 18.6. The molecule has 3 heterocycles. The molecule has 0 spiro atoms. The number of sulfone groups is 1. The molecule has 0 bridgehead atoms. The lowest BCUT2D eigenvalue weighted by Crippen LogP contribution is -2.41. The molecule has 40 heavy (non-hydrogen) atoms. The van der Waals surface area contributed by atoms with Crippen molar-refractivity contribution in [1.29, 1.82) is 0 Å². The van der Waals surface area contributed by atoms with Crippen LogP contribution in [-0.4, -0.2) is 61.3 Å². The van der Waals surface area contributed by atoms with Crippen LogP contribution in [0.25, 0.3) is 21.8 Å². The third-order valence-corrected chi connectivity index (χ3v) is 11.1. The van der Waals surface area contributed by atoms with Crippen LogP contribution < -0.4 is 10.2 Å². The highest BCUT2D eigenvalue weighted by Crippen LogP contribution is 2.45. The minimum absolute atomic E-state index is 0.0111. The summed E-state index contributed by atoms with van der Waals surface area (Å²) in [6.07, 6.45) is 2.49. The summed E-state index contributed by atoms with van der Waals surface area (Å²) in [6.45, 7) is 0.0787. The van der Waals surface area contributed by atoms with Crippen molar-refractivity contribution in [2.45, 2.75) is 17.6 Å². The Bertz CT molecular complexity index is 1620. The maximum atomic E-state index is 13.9. The van der Waals surface area contributed by atoms with Gasteiger partial charge in [0.25, 0.3) is 5.91 Å². The fraction of sp³-hybridized carbons (Fsp3) is 0.250. The number of benzene rings is 2. The average molecular weight is 582 g/mol. The maximum Gasteiger partial charge on any atom is 0.254 e. The van der Waals surface area contributed by atoms with Gasteiger partial charge in [0.05, 0.1) is 25.5 Å². The van der Waals surface area contributed by atoms with E-state index in [1.807, 2.05) is 30.3 Å². The van der Waals surface area contributed by atoms with Gasteiger partial charge in [0.2, 0.25) is 5.91 Å². The molecule has 2 aromatic heterocycles. The summed E-state index contributed by atoms with van der Waals surface area (Å²) >= 11 is 1.27. The first-order valence-corrected chi connectivity index (χ1v) is 14.9. The van der Waals surface area contributed by atoms with Crippen molar-refractivity contribution in [3.05, 3.63) is 83.7 Å². The number of hydrogen-bond acceptors (Lipinski definition) is 9. The van der Waals surface area contributed by atoms with Gasteiger partial charge in [0, 0.05) is 34.0 Å². The van der Waals surface area contributed by atoms with Crippen molar-refractivity contribution in [2.75, 3.05) is 26.0 Å². The Labute approximate surface area is 235 Å². The van der Waals surface area contributed by atoms with Crippen molar-refractivity contribution in [1.82, 2.24) is 15.4 Å². The van der Waals surface area contributed by atoms with Crippen molar-refractivity contribution >= 4 is 33.0 Å². The van der Waals surface area contributed by atoms with Crippen LogP contribution in [0.1, 0.15) is 28.1 Å². The lowest BCUT2D eigenvalue weighted by atomic mass is 9.97. The van der Waals surface area contributed by atoms with Crippen molar-refractivity contribution in [3.63, 3.8) is 0 Å². The monoisotopic (exact) mass is 581 g/mol. The number of nitrogens with zero attached hydrogens (tertiary/aromatic N) is 2. The molecule has 208 valence electrons. The standard InChI is InChI=1S/C28H27N3O7S2/c1-37-22-4-2-3-21(15-22)27(33)31-12-11-28(16-26(32)30-34,40(35,36)14-13-31)25-10-9-24(39-25)20-7-5-19(6-8-20)23-17-29-18-38-23/h2-10,15,17-18,34H,11-14,16H2,1H3,(H,30,32). The number of carbonyl (C=O) groups is 2. The molecule has 12 heteroatoms. The van der Waals surface area contributed by atoms with E-state index in [9.17, 15) is 23.2 Å². The zero-order valence-corrected chi connectivity index (χ0v) is 23.2. The van der Waals surface area contributed by atoms with Gasteiger partial charge in [0.15, 0.2) is 22.0 Å². The van der Waals surface area contributed by atoms with Crippen LogP contribution in [0.5, 0.6) is 5.75 Å². The predicted octanol–water partition coefficient (Wildman–Crippen LogP) is 4.13. The molecule has 1 fully saturated rings. The third-order valence-electron chi connectivity index (χ3n) is 7.13. The molecule has 1 unspecified atom stereocenters. The van der Waals surface area contributed by atoms with E-state index < -0.39 is 26.9 Å². The SMILES string of the molecule is COc1cccc(C(=O)N2CCC(CC(=O)NO)(c3ccc(-c4ccc(-c5cnco5)cc4)s3)S(=O)(=O)CC2)c1. The number of thiophene rings is 1. The van der Waals surface area contributed by atoms with Crippen LogP contribution in [0.2, 0.25) is 0 Å². The van der Waals surface area contributed by atoms with E-state index in [4.69, 9.17) is 9.15 Å². The molecule has 0 saturated carbocycles. The van der Waals surface area contributed by atoms with Crippen molar-refractivity contribution < 1.29 is 32.4 Å². The van der Waals surface area contributed by atoms with Gasteiger partial charge in [0.1, 0.15) is 10.5 Å². The van der Waals surface area contributed by atoms with Crippen LogP contribution in [0.15, 0.2) is 77.7 Å². The lowest BCUT2D eigenvalue weighted by Gasteiger charge is -2.30. The Hall–Kier alpha value is -4.00. The van der Waals surface area contributed by atoms with E-state index >= 15 is 0 Å². The first-order valence-electron chi connectivity index (χ1n) is 12.4. The van der Waals surface area contributed by atoms with E-state index in [0.717, 1.165) is 16.0 Å². The van der Waals surface area contributed by atoms with E-state index in [2.05, 4.69) is 4.98 Å². The van der Waals surface area contributed by atoms with Crippen molar-refractivity contribution in [2.24, 2.45) is 0 Å². The topological polar surface area (TPSA) is 139 Å². The summed E-state index contributed by atoms with van der Waals surface area (Å²) in [7, 11) is -2.44. The molecule has 1 atom stereocenters. The van der Waals surface area contributed by atoms with E-state index in [-0.39, 0.29) is 31.2 Å². The smallest absolute Gasteiger partial charge is 0.254 e. The number of aromatic nitrogens is 1. The number of nitrogens with one attached hydrogen (secondary N) is 1. The molecule has 1 aliphatic rings. The molecule has 0 aliphatic carbocycles. The Balaban J connectivity index is 1.47. The molecule has 10 nitrogen and oxygen atoms in total. The summed E-state index contributed by atoms with van der Waals surface area (Å²) in [5.74, 6) is -0.328. The molecular weight excluding hydrogens is 554 g/mol. The first-order chi connectivity index (χ1) is 19.3. The number of methoxy groups -OCH3 is 1. The highest BCUT2D eigenvalue weighted by atomic mass is 32.2. The fourth-order valence-corrected chi connectivity index (χ4v) is 8.51. The zero-order chi connectivity index (χ0) is 28.3. The zero-order valence-electron chi connectivity index (χ0n) is 21.6. The summed E-state index contributed by atoms with van der Waals surface area (Å²) < 4.78 is 36.7. The van der Waals surface area contributed by atoms with Gasteiger partial charge < -0.3 is 14.1 Å². The summed E-state index contributed by atoms with van der Waals surface area (Å²) in [5, 5.41) is 9.31. The molecule has 1 aliphatic heterocycles. The van der Waals surface area contributed by atoms with Gasteiger partial charge in [-0.25, -0.2) is 18.9 Å². The van der Waals surface area contributed by atoms with Gasteiger partial charge in [-0.1, -0.05) is 30.3 Å². The highest BCUT2D eigenvalue weighted by molar-refractivity contribution is 7.92. The Kier molecular flexibility index (Phi) is 7.74. The first kappa shape index (κ1) is 27.6. The van der Waals surface area contributed by atoms with Gasteiger partial charge in [-0.05, 0) is 42.3 Å². The van der Waals surface area contributed by atoms with Crippen molar-refractivity contribution in [3.8, 4) is 27.5 Å². The number of hydrogen-bond donors (Lipinski definition) is 2. The molecule has 0 radical (unpaired) electrons. The third kappa shape index (κ3) is 5.25. The van der Waals surface area contributed by atoms with Gasteiger partial charge >= 0.3 is 0 Å². The number of ether oxygens (including phenoxy) is 1. The largest absolute Gasteiger partial charge is 0.497 e. The summed E-state index contributed by atoms with van der Waals surface area (Å²) in [5.41, 5.74) is 3.68. The van der Waals surface area contributed by atoms with Crippen LogP contribution in [0.4, 0.5) is 0 Å². The maximum absolute atomic E-state index is 13.9. The second kappa shape index (κ2) is 11.2. The molecule has 5 rings (SSSR count). The average Bonchev–Trinajstić information content (AvgIpc) is 3.67. The second-order valence-electron chi connectivity index (χ2n) is 9.41. The minimum atomic E-state index is -3.95. The summed E-state index contributed by atoms with van der Waals surface area (Å²) in [4.78, 5) is 32.5. The number of carbonyl (C=O) groups excluding carboxylic acids is 2. The minimum Gasteiger partial charge on any atom is -0.497 e. The van der Waals surface area contributed by atoms with Crippen LogP contribution in [-0.2, 0) is 19.4 Å². The highest BCUT2D eigenvalue weighted by Gasteiger charge is 2.50. The molecule has 4 aromatic rings. The Morgan fingerprint density at radius 3 is 2.60 bits per heavy atom. The van der Waals surface area contributed by atoms with Gasteiger partial charge in [-0.3, -0.25) is 14.8 Å². The number of rotatable bonds is 7. The lowest BCUT2D eigenvalue weighted by molar-refractivity contribution is -0.129. The number of amides is 2. The predicted molar refractivity (Wildman–Crippen MR) is 149 cm³/mol. The molecule has 2 aromatic carbocycles. The quantitative estimate of drug-likeness (QED) is 0.245. The van der Waals surface area contributed by atoms with Gasteiger partial charge in [-0.15, -0.1) is 11.3 Å². The van der Waals surface area contributed by atoms with Crippen LogP contribution >= 0.6 is 11.3 Å². The molecular formula is C28H27N3O7S2. The fourth-order valence-electron chi connectivity index (χ4n) is 4.91. The van der Waals surface area contributed by atoms with Crippen LogP contribution in [0.3, 0.4) is 0 Å². The Morgan fingerprint density at radius 2 is 1.90 bits per heavy atom. The van der Waals surface area contributed by atoms with Gasteiger partial charge in [-0.2, -0.15) is 0 Å². The number of oxazole rings is 1. The number of hydroxylamine groups is 1. The Morgan fingerprint density at radius 1 is 1.12 bits per heavy atom. The van der Waals surface area contributed by atoms with E-state index in [0.29, 0.717) is 22.0 Å². The second-order valence-corrected chi connectivity index (χ2v) is 12.9.